The first-order valence-corrected chi connectivity index (χ1v) is 7.43. The SMILES string of the molecule is CCNCc1cccc(CN2CCC(C(F)(F)F)CC2)n1. The van der Waals surface area contributed by atoms with Crippen LogP contribution in [-0.2, 0) is 13.1 Å². The first-order valence-electron chi connectivity index (χ1n) is 7.43. The number of likely N-dealkylation sites (tertiary alicyclic amines) is 1. The predicted molar refractivity (Wildman–Crippen MR) is 75.7 cm³/mol. The number of pyridine rings is 1. The van der Waals surface area contributed by atoms with Crippen LogP contribution in [0.15, 0.2) is 18.2 Å². The molecule has 2 heterocycles. The second-order valence-electron chi connectivity index (χ2n) is 5.49. The first-order chi connectivity index (χ1) is 9.99. The minimum Gasteiger partial charge on any atom is -0.311 e. The number of nitrogens with zero attached hydrogens (tertiary/aromatic N) is 2. The predicted octanol–water partition coefficient (Wildman–Crippen LogP) is 2.97. The van der Waals surface area contributed by atoms with Crippen LogP contribution in [0.2, 0.25) is 0 Å². The second kappa shape index (κ2) is 7.22. The summed E-state index contributed by atoms with van der Waals surface area (Å²) in [6, 6.07) is 5.85. The molecule has 1 aromatic rings. The average Bonchev–Trinajstić information content (AvgIpc) is 2.45. The Balaban J connectivity index is 1.86. The van der Waals surface area contributed by atoms with E-state index < -0.39 is 12.1 Å². The zero-order valence-electron chi connectivity index (χ0n) is 12.3. The Labute approximate surface area is 123 Å². The van der Waals surface area contributed by atoms with E-state index in [4.69, 9.17) is 0 Å². The van der Waals surface area contributed by atoms with Crippen LogP contribution >= 0.6 is 0 Å². The number of aromatic nitrogens is 1. The molecular weight excluding hydrogens is 279 g/mol. The molecule has 3 nitrogen and oxygen atoms in total. The van der Waals surface area contributed by atoms with Crippen molar-refractivity contribution in [3.63, 3.8) is 0 Å². The summed E-state index contributed by atoms with van der Waals surface area (Å²) in [7, 11) is 0. The van der Waals surface area contributed by atoms with Crippen molar-refractivity contribution in [2.75, 3.05) is 19.6 Å². The molecule has 1 N–H and O–H groups in total. The summed E-state index contributed by atoms with van der Waals surface area (Å²) in [5, 5.41) is 3.22. The number of piperidine rings is 1. The lowest BCUT2D eigenvalue weighted by molar-refractivity contribution is -0.185. The van der Waals surface area contributed by atoms with Gasteiger partial charge in [0.15, 0.2) is 0 Å². The third-order valence-electron chi connectivity index (χ3n) is 3.86. The Bertz CT molecular complexity index is 440. The van der Waals surface area contributed by atoms with E-state index in [1.54, 1.807) is 0 Å². The highest BCUT2D eigenvalue weighted by molar-refractivity contribution is 5.11. The summed E-state index contributed by atoms with van der Waals surface area (Å²) in [5.41, 5.74) is 1.90. The zero-order chi connectivity index (χ0) is 15.3. The van der Waals surface area contributed by atoms with Crippen LogP contribution in [0.4, 0.5) is 13.2 Å². The molecule has 1 aliphatic rings. The minimum absolute atomic E-state index is 0.195. The largest absolute Gasteiger partial charge is 0.391 e. The maximum absolute atomic E-state index is 12.6. The zero-order valence-corrected chi connectivity index (χ0v) is 12.3. The molecule has 1 aliphatic heterocycles. The van der Waals surface area contributed by atoms with Crippen molar-refractivity contribution in [3.8, 4) is 0 Å². The van der Waals surface area contributed by atoms with Gasteiger partial charge in [-0.05, 0) is 44.6 Å². The van der Waals surface area contributed by atoms with Gasteiger partial charge in [0.05, 0.1) is 17.3 Å². The van der Waals surface area contributed by atoms with Gasteiger partial charge in [-0.15, -0.1) is 0 Å². The molecule has 0 unspecified atom stereocenters. The molecule has 0 aromatic carbocycles. The molecule has 0 atom stereocenters. The van der Waals surface area contributed by atoms with Crippen molar-refractivity contribution in [3.05, 3.63) is 29.6 Å². The van der Waals surface area contributed by atoms with Gasteiger partial charge in [0.1, 0.15) is 0 Å². The van der Waals surface area contributed by atoms with Crippen molar-refractivity contribution >= 4 is 0 Å². The standard InChI is InChI=1S/C15H22F3N3/c1-2-19-10-13-4-3-5-14(20-13)11-21-8-6-12(7-9-21)15(16,17)18/h3-5,12,19H,2,6-11H2,1H3. The highest BCUT2D eigenvalue weighted by Crippen LogP contribution is 2.34. The Kier molecular flexibility index (Phi) is 5.58. The van der Waals surface area contributed by atoms with Crippen molar-refractivity contribution in [1.82, 2.24) is 15.2 Å². The summed E-state index contributed by atoms with van der Waals surface area (Å²) in [5.74, 6) is -1.14. The third kappa shape index (κ3) is 4.97. The van der Waals surface area contributed by atoms with Crippen LogP contribution in [0.3, 0.4) is 0 Å². The molecule has 118 valence electrons. The molecule has 0 spiro atoms. The Hall–Kier alpha value is -1.14. The maximum atomic E-state index is 12.6. The van der Waals surface area contributed by atoms with Gasteiger partial charge in [0.25, 0.3) is 0 Å². The molecule has 6 heteroatoms. The molecule has 0 saturated carbocycles. The van der Waals surface area contributed by atoms with Crippen molar-refractivity contribution in [2.24, 2.45) is 5.92 Å². The van der Waals surface area contributed by atoms with E-state index in [1.165, 1.54) is 0 Å². The lowest BCUT2D eigenvalue weighted by atomic mass is 9.96. The van der Waals surface area contributed by atoms with Gasteiger partial charge in [-0.3, -0.25) is 9.88 Å². The molecule has 0 bridgehead atoms. The summed E-state index contributed by atoms with van der Waals surface area (Å²) in [6.45, 7) is 5.25. The molecule has 21 heavy (non-hydrogen) atoms. The molecule has 0 amide bonds. The second-order valence-corrected chi connectivity index (χ2v) is 5.49. The van der Waals surface area contributed by atoms with Gasteiger partial charge in [-0.1, -0.05) is 13.0 Å². The summed E-state index contributed by atoms with van der Waals surface area (Å²) < 4.78 is 37.9. The molecule has 0 aliphatic carbocycles. The van der Waals surface area contributed by atoms with Gasteiger partial charge in [0, 0.05) is 13.1 Å². The normalized spacial score (nSPS) is 18.1. The van der Waals surface area contributed by atoms with Crippen LogP contribution in [-0.4, -0.2) is 35.7 Å². The van der Waals surface area contributed by atoms with Gasteiger partial charge in [0.2, 0.25) is 0 Å². The number of hydrogen-bond acceptors (Lipinski definition) is 3. The molecule has 1 aromatic heterocycles. The van der Waals surface area contributed by atoms with Gasteiger partial charge in [-0.25, -0.2) is 0 Å². The fourth-order valence-electron chi connectivity index (χ4n) is 2.62. The lowest BCUT2D eigenvalue weighted by Gasteiger charge is -2.32. The quantitative estimate of drug-likeness (QED) is 0.906. The third-order valence-corrected chi connectivity index (χ3v) is 3.86. The summed E-state index contributed by atoms with van der Waals surface area (Å²) >= 11 is 0. The molecular formula is C15H22F3N3. The fourth-order valence-corrected chi connectivity index (χ4v) is 2.62. The number of nitrogens with one attached hydrogen (secondary N) is 1. The topological polar surface area (TPSA) is 28.2 Å². The highest BCUT2D eigenvalue weighted by Gasteiger charge is 2.40. The number of halogens is 3. The Morgan fingerprint density at radius 2 is 1.90 bits per heavy atom. The van der Waals surface area contributed by atoms with E-state index in [0.717, 1.165) is 24.5 Å². The van der Waals surface area contributed by atoms with Gasteiger partial charge < -0.3 is 5.32 Å². The lowest BCUT2D eigenvalue weighted by Crippen LogP contribution is -2.38. The van der Waals surface area contributed by atoms with Crippen LogP contribution in [0.1, 0.15) is 31.2 Å². The number of hydrogen-bond donors (Lipinski definition) is 1. The Morgan fingerprint density at radius 3 is 2.52 bits per heavy atom. The van der Waals surface area contributed by atoms with E-state index >= 15 is 0 Å². The van der Waals surface area contributed by atoms with E-state index in [2.05, 4.69) is 15.2 Å². The molecule has 1 saturated heterocycles. The number of rotatable bonds is 5. The van der Waals surface area contributed by atoms with Crippen molar-refractivity contribution in [1.29, 1.82) is 0 Å². The Morgan fingerprint density at radius 1 is 1.24 bits per heavy atom. The van der Waals surface area contributed by atoms with Gasteiger partial charge in [-0.2, -0.15) is 13.2 Å². The fraction of sp³-hybridized carbons (Fsp3) is 0.667. The average molecular weight is 301 g/mol. The van der Waals surface area contributed by atoms with Crippen LogP contribution in [0.5, 0.6) is 0 Å². The van der Waals surface area contributed by atoms with Crippen LogP contribution < -0.4 is 5.32 Å². The number of alkyl halides is 3. The summed E-state index contributed by atoms with van der Waals surface area (Å²) in [6.07, 6.45) is -3.66. The molecule has 1 fully saturated rings. The van der Waals surface area contributed by atoms with E-state index in [1.807, 2.05) is 25.1 Å². The van der Waals surface area contributed by atoms with Crippen LogP contribution in [0.25, 0.3) is 0 Å². The monoisotopic (exact) mass is 301 g/mol. The highest BCUT2D eigenvalue weighted by atomic mass is 19.4. The molecule has 0 radical (unpaired) electrons. The smallest absolute Gasteiger partial charge is 0.311 e. The molecule has 2 rings (SSSR count). The van der Waals surface area contributed by atoms with Crippen LogP contribution in [0, 0.1) is 5.92 Å². The van der Waals surface area contributed by atoms with E-state index in [-0.39, 0.29) is 12.8 Å². The first kappa shape index (κ1) is 16.2. The van der Waals surface area contributed by atoms with Gasteiger partial charge >= 0.3 is 6.18 Å². The van der Waals surface area contributed by atoms with E-state index in [0.29, 0.717) is 19.6 Å². The van der Waals surface area contributed by atoms with Crippen molar-refractivity contribution < 1.29 is 13.2 Å². The summed E-state index contributed by atoms with van der Waals surface area (Å²) in [4.78, 5) is 6.60. The van der Waals surface area contributed by atoms with Crippen molar-refractivity contribution in [2.45, 2.75) is 39.0 Å². The van der Waals surface area contributed by atoms with E-state index in [9.17, 15) is 13.2 Å². The maximum Gasteiger partial charge on any atom is 0.391 e. The minimum atomic E-state index is -4.05.